The minimum Gasteiger partial charge on any atom is -0.437 e. The van der Waals surface area contributed by atoms with Gasteiger partial charge in [-0.15, -0.1) is 0 Å². The minimum atomic E-state index is 0.598. The zero-order valence-electron chi connectivity index (χ0n) is 8.87. The molecule has 0 saturated carbocycles. The number of rotatable bonds is 2. The van der Waals surface area contributed by atoms with Crippen molar-refractivity contribution in [2.75, 3.05) is 0 Å². The summed E-state index contributed by atoms with van der Waals surface area (Å²) in [6.45, 7) is 6.47. The second kappa shape index (κ2) is 3.62. The third-order valence-electron chi connectivity index (χ3n) is 2.18. The number of aromatic nitrogens is 4. The fraction of sp³-hybridized carbons (Fsp3) is 0.444. The van der Waals surface area contributed by atoms with Crippen LogP contribution in [-0.4, -0.2) is 19.7 Å². The lowest BCUT2D eigenvalue weighted by molar-refractivity contribution is 0.525. The number of nitrogens with zero attached hydrogens (tertiary/aromatic N) is 3. The number of hydrogen-bond acceptors (Lipinski definition) is 4. The van der Waals surface area contributed by atoms with Crippen molar-refractivity contribution in [3.63, 3.8) is 0 Å². The molecule has 0 aliphatic rings. The van der Waals surface area contributed by atoms with Crippen LogP contribution in [0.1, 0.15) is 18.5 Å². The van der Waals surface area contributed by atoms with Gasteiger partial charge in [0.2, 0.25) is 0 Å². The van der Waals surface area contributed by atoms with Crippen molar-refractivity contribution in [2.24, 2.45) is 0 Å². The third kappa shape index (κ3) is 1.61. The highest BCUT2D eigenvalue weighted by Gasteiger charge is 2.15. The molecule has 0 aliphatic heterocycles. The van der Waals surface area contributed by atoms with E-state index in [1.165, 1.54) is 0 Å². The molecule has 0 atom stereocenters. The van der Waals surface area contributed by atoms with E-state index in [-0.39, 0.29) is 0 Å². The summed E-state index contributed by atoms with van der Waals surface area (Å²) in [6, 6.07) is 0. The van der Waals surface area contributed by atoms with Gasteiger partial charge < -0.3 is 4.42 Å². The van der Waals surface area contributed by atoms with Crippen LogP contribution in [0, 0.1) is 18.6 Å². The van der Waals surface area contributed by atoms with E-state index in [9.17, 15) is 0 Å². The van der Waals surface area contributed by atoms with Gasteiger partial charge in [0.05, 0.1) is 5.69 Å². The first kappa shape index (κ1) is 10.1. The van der Waals surface area contributed by atoms with E-state index in [1.54, 1.807) is 0 Å². The molecule has 2 rings (SSSR count). The van der Waals surface area contributed by atoms with Crippen LogP contribution < -0.4 is 0 Å². The topological polar surface area (TPSA) is 59.6 Å². The lowest BCUT2D eigenvalue weighted by atomic mass is 10.3. The van der Waals surface area contributed by atoms with Gasteiger partial charge in [-0.2, -0.15) is 5.10 Å². The largest absolute Gasteiger partial charge is 0.437 e. The first-order chi connectivity index (χ1) is 7.13. The fourth-order valence-electron chi connectivity index (χ4n) is 1.52. The van der Waals surface area contributed by atoms with E-state index in [2.05, 4.69) is 15.2 Å². The van der Waals surface area contributed by atoms with Gasteiger partial charge in [0.25, 0.3) is 0 Å². The minimum absolute atomic E-state index is 0.598. The predicted octanol–water partition coefficient (Wildman–Crippen LogP) is 2.23. The highest BCUT2D eigenvalue weighted by atomic mass is 32.1. The lowest BCUT2D eigenvalue weighted by Gasteiger charge is -1.99. The molecule has 0 aliphatic carbocycles. The van der Waals surface area contributed by atoms with E-state index in [4.69, 9.17) is 16.6 Å². The summed E-state index contributed by atoms with van der Waals surface area (Å²) in [4.78, 5) is 4.20. The summed E-state index contributed by atoms with van der Waals surface area (Å²) in [5.74, 6) is 2.03. The van der Waals surface area contributed by atoms with Gasteiger partial charge in [0.1, 0.15) is 0 Å². The maximum absolute atomic E-state index is 5.50. The van der Waals surface area contributed by atoms with Crippen LogP contribution in [0.15, 0.2) is 4.42 Å². The maximum Gasteiger partial charge on any atom is 0.200 e. The van der Waals surface area contributed by atoms with Crippen molar-refractivity contribution in [1.29, 1.82) is 0 Å². The SMILES string of the molecule is CCn1c(-c2oc(C)nc2C)n[nH]c1=S. The number of H-pyrrole nitrogens is 1. The fourth-order valence-corrected chi connectivity index (χ4v) is 1.78. The molecular formula is C9H12N4OS. The molecule has 2 heterocycles. The lowest BCUT2D eigenvalue weighted by Crippen LogP contribution is -1.97. The number of aryl methyl sites for hydroxylation is 2. The molecule has 0 spiro atoms. The maximum atomic E-state index is 5.50. The van der Waals surface area contributed by atoms with E-state index in [0.29, 0.717) is 22.2 Å². The molecule has 0 unspecified atom stereocenters. The van der Waals surface area contributed by atoms with Crippen LogP contribution in [-0.2, 0) is 6.54 Å². The standard InChI is InChI=1S/C9H12N4OS/c1-4-13-8(11-12-9(13)15)7-5(2)10-6(3)14-7/h4H2,1-3H3,(H,12,15). The van der Waals surface area contributed by atoms with Crippen molar-refractivity contribution in [1.82, 2.24) is 19.7 Å². The zero-order chi connectivity index (χ0) is 11.0. The first-order valence-electron chi connectivity index (χ1n) is 4.73. The van der Waals surface area contributed by atoms with Crippen molar-refractivity contribution < 1.29 is 4.42 Å². The molecule has 1 N–H and O–H groups in total. The molecule has 5 nitrogen and oxygen atoms in total. The summed E-state index contributed by atoms with van der Waals surface area (Å²) < 4.78 is 7.97. The Morgan fingerprint density at radius 3 is 2.73 bits per heavy atom. The highest BCUT2D eigenvalue weighted by Crippen LogP contribution is 2.22. The van der Waals surface area contributed by atoms with E-state index >= 15 is 0 Å². The van der Waals surface area contributed by atoms with Gasteiger partial charge in [0, 0.05) is 13.5 Å². The Morgan fingerprint density at radius 1 is 1.47 bits per heavy atom. The average Bonchev–Trinajstić information content (AvgIpc) is 2.69. The van der Waals surface area contributed by atoms with Crippen LogP contribution in [0.25, 0.3) is 11.6 Å². The van der Waals surface area contributed by atoms with Crippen LogP contribution in [0.3, 0.4) is 0 Å². The molecular weight excluding hydrogens is 212 g/mol. The molecule has 0 bridgehead atoms. The Hall–Kier alpha value is -1.43. The molecule has 0 aromatic carbocycles. The number of aromatic amines is 1. The predicted molar refractivity (Wildman–Crippen MR) is 58.1 cm³/mol. The Morgan fingerprint density at radius 2 is 2.20 bits per heavy atom. The van der Waals surface area contributed by atoms with E-state index < -0.39 is 0 Å². The molecule has 80 valence electrons. The molecule has 0 saturated heterocycles. The van der Waals surface area contributed by atoms with Crippen molar-refractivity contribution in [3.05, 3.63) is 16.4 Å². The van der Waals surface area contributed by atoms with Gasteiger partial charge in [-0.25, -0.2) is 4.98 Å². The highest BCUT2D eigenvalue weighted by molar-refractivity contribution is 7.71. The molecule has 15 heavy (non-hydrogen) atoms. The van der Waals surface area contributed by atoms with Crippen LogP contribution in [0.4, 0.5) is 0 Å². The van der Waals surface area contributed by atoms with E-state index in [1.807, 2.05) is 25.3 Å². The Kier molecular flexibility index (Phi) is 2.44. The Balaban J connectivity index is 2.63. The van der Waals surface area contributed by atoms with Gasteiger partial charge in [-0.05, 0) is 26.1 Å². The van der Waals surface area contributed by atoms with Gasteiger partial charge in [-0.3, -0.25) is 9.67 Å². The summed E-state index contributed by atoms with van der Waals surface area (Å²) in [7, 11) is 0. The number of nitrogens with one attached hydrogen (secondary N) is 1. The van der Waals surface area contributed by atoms with Crippen molar-refractivity contribution in [2.45, 2.75) is 27.3 Å². The van der Waals surface area contributed by atoms with Crippen molar-refractivity contribution in [3.8, 4) is 11.6 Å². The zero-order valence-corrected chi connectivity index (χ0v) is 9.68. The van der Waals surface area contributed by atoms with Gasteiger partial charge in [0.15, 0.2) is 22.2 Å². The van der Waals surface area contributed by atoms with Crippen LogP contribution >= 0.6 is 12.2 Å². The summed E-state index contributed by atoms with van der Waals surface area (Å²) >= 11 is 5.10. The number of oxazole rings is 1. The Labute approximate surface area is 92.1 Å². The first-order valence-corrected chi connectivity index (χ1v) is 5.14. The smallest absolute Gasteiger partial charge is 0.200 e. The monoisotopic (exact) mass is 224 g/mol. The second-order valence-electron chi connectivity index (χ2n) is 3.24. The van der Waals surface area contributed by atoms with Gasteiger partial charge in [-0.1, -0.05) is 0 Å². The van der Waals surface area contributed by atoms with Crippen molar-refractivity contribution >= 4 is 12.2 Å². The molecule has 2 aromatic heterocycles. The van der Waals surface area contributed by atoms with E-state index in [0.717, 1.165) is 12.2 Å². The summed E-state index contributed by atoms with van der Waals surface area (Å²) in [5.41, 5.74) is 0.830. The molecule has 6 heteroatoms. The summed E-state index contributed by atoms with van der Waals surface area (Å²) in [5, 5.41) is 6.89. The summed E-state index contributed by atoms with van der Waals surface area (Å²) in [6.07, 6.45) is 0. The molecule has 0 amide bonds. The second-order valence-corrected chi connectivity index (χ2v) is 3.63. The van der Waals surface area contributed by atoms with Crippen LogP contribution in [0.2, 0.25) is 0 Å². The quantitative estimate of drug-likeness (QED) is 0.795. The normalized spacial score (nSPS) is 10.9. The van der Waals surface area contributed by atoms with Crippen LogP contribution in [0.5, 0.6) is 0 Å². The molecule has 2 aromatic rings. The third-order valence-corrected chi connectivity index (χ3v) is 2.49. The molecule has 0 radical (unpaired) electrons. The average molecular weight is 224 g/mol. The number of hydrogen-bond donors (Lipinski definition) is 1. The molecule has 0 fully saturated rings. The Bertz CT molecular complexity index is 537. The van der Waals surface area contributed by atoms with Gasteiger partial charge >= 0.3 is 0 Å².